The number of carboxylic acids is 1. The van der Waals surface area contributed by atoms with Gasteiger partial charge in [-0.05, 0) is 66.6 Å². The third-order valence-electron chi connectivity index (χ3n) is 5.00. The highest BCUT2D eigenvalue weighted by atomic mass is 35.5. The number of aryl methyl sites for hydroxylation is 2. The number of hydrogen-bond acceptors (Lipinski definition) is 5. The van der Waals surface area contributed by atoms with Crippen LogP contribution in [0.5, 0.6) is 0 Å². The van der Waals surface area contributed by atoms with Crippen LogP contribution >= 0.6 is 22.9 Å². The van der Waals surface area contributed by atoms with Crippen LogP contribution in [-0.4, -0.2) is 25.3 Å². The average Bonchev–Trinajstić information content (AvgIpc) is 3.12. The number of halogens is 1. The third-order valence-corrected chi connectivity index (χ3v) is 8.10. The number of rotatable bonds is 8. The number of carbonyl (C=O) groups excluding carboxylic acids is 1. The van der Waals surface area contributed by atoms with Crippen LogP contribution < -0.4 is 4.72 Å². The van der Waals surface area contributed by atoms with Crippen LogP contribution in [0.3, 0.4) is 0 Å². The first-order valence-corrected chi connectivity index (χ1v) is 12.9. The lowest BCUT2D eigenvalue weighted by Gasteiger charge is -2.12. The molecule has 174 valence electrons. The zero-order valence-electron chi connectivity index (χ0n) is 18.6. The fourth-order valence-electron chi connectivity index (χ4n) is 3.40. The maximum absolute atomic E-state index is 13.1. The van der Waals surface area contributed by atoms with Crippen LogP contribution in [0.2, 0.25) is 5.02 Å². The first-order valence-electron chi connectivity index (χ1n) is 10.2. The van der Waals surface area contributed by atoms with E-state index in [0.717, 1.165) is 28.9 Å². The molecule has 0 bridgehead atoms. The van der Waals surface area contributed by atoms with E-state index in [0.29, 0.717) is 26.9 Å². The summed E-state index contributed by atoms with van der Waals surface area (Å²) in [4.78, 5) is 24.1. The fourth-order valence-corrected chi connectivity index (χ4v) is 6.10. The van der Waals surface area contributed by atoms with Crippen molar-refractivity contribution in [1.82, 2.24) is 0 Å². The van der Waals surface area contributed by atoms with Crippen molar-refractivity contribution in [3.05, 3.63) is 69.1 Å². The number of thiophene rings is 1. The SMILES string of the molecule is Cc1cc(S(=O)(=O)Nc2cc(-c3ccc(CC(C)C)cc3)sc2C(=O)C(=O)O)c(C)cc1Cl. The number of Topliss-reactive ketones (excluding diaryl/α,β-unsaturated/α-hetero) is 1. The Kier molecular flexibility index (Phi) is 7.31. The third kappa shape index (κ3) is 5.63. The van der Waals surface area contributed by atoms with Crippen LogP contribution in [0.15, 0.2) is 47.4 Å². The molecule has 33 heavy (non-hydrogen) atoms. The Bertz CT molecular complexity index is 1330. The zero-order chi connectivity index (χ0) is 24.5. The van der Waals surface area contributed by atoms with Crippen LogP contribution in [0.1, 0.15) is 40.2 Å². The van der Waals surface area contributed by atoms with Gasteiger partial charge >= 0.3 is 5.97 Å². The Morgan fingerprint density at radius 2 is 1.70 bits per heavy atom. The van der Waals surface area contributed by atoms with E-state index in [1.165, 1.54) is 12.1 Å². The molecular formula is C24H24ClNO5S2. The standard InChI is InChI=1S/C24H24ClNO5S2/c1-13(2)9-16-5-7-17(8-6-16)20-12-19(23(32-20)22(27)24(28)29)26-33(30,31)21-11-14(3)18(25)10-15(21)4/h5-8,10-13,26H,9H2,1-4H3,(H,28,29). The number of sulfonamides is 1. The van der Waals surface area contributed by atoms with Gasteiger partial charge in [0.15, 0.2) is 0 Å². The summed E-state index contributed by atoms with van der Waals surface area (Å²) in [5, 5.41) is 9.69. The van der Waals surface area contributed by atoms with Crippen molar-refractivity contribution in [2.24, 2.45) is 5.92 Å². The Hall–Kier alpha value is -2.68. The minimum Gasteiger partial charge on any atom is -0.475 e. The van der Waals surface area contributed by atoms with Crippen molar-refractivity contribution in [1.29, 1.82) is 0 Å². The molecule has 0 radical (unpaired) electrons. The number of benzene rings is 2. The quantitative estimate of drug-likeness (QED) is 0.291. The second kappa shape index (κ2) is 9.67. The Morgan fingerprint density at radius 3 is 2.27 bits per heavy atom. The summed E-state index contributed by atoms with van der Waals surface area (Å²) in [7, 11) is -4.10. The monoisotopic (exact) mass is 505 g/mol. The molecule has 1 heterocycles. The van der Waals surface area contributed by atoms with Gasteiger partial charge in [-0.15, -0.1) is 11.3 Å². The van der Waals surface area contributed by atoms with Crippen molar-refractivity contribution < 1.29 is 23.1 Å². The van der Waals surface area contributed by atoms with Gasteiger partial charge in [0.25, 0.3) is 15.8 Å². The van der Waals surface area contributed by atoms with E-state index in [1.54, 1.807) is 19.9 Å². The lowest BCUT2D eigenvalue weighted by molar-refractivity contribution is -0.131. The molecule has 0 fully saturated rings. The van der Waals surface area contributed by atoms with Crippen LogP contribution in [0, 0.1) is 19.8 Å². The van der Waals surface area contributed by atoms with Gasteiger partial charge in [0.2, 0.25) is 0 Å². The number of carboxylic acid groups (broad SMARTS) is 1. The van der Waals surface area contributed by atoms with E-state index in [1.807, 2.05) is 24.3 Å². The van der Waals surface area contributed by atoms with E-state index in [4.69, 9.17) is 11.6 Å². The minimum absolute atomic E-state index is 0.00362. The Balaban J connectivity index is 2.04. The van der Waals surface area contributed by atoms with Crippen molar-refractivity contribution in [3.8, 4) is 10.4 Å². The smallest absolute Gasteiger partial charge is 0.378 e. The first-order chi connectivity index (χ1) is 15.4. The lowest BCUT2D eigenvalue weighted by Crippen LogP contribution is -2.18. The molecule has 0 aliphatic carbocycles. The predicted octanol–water partition coefficient (Wildman–Crippen LogP) is 5.95. The highest BCUT2D eigenvalue weighted by molar-refractivity contribution is 7.92. The molecule has 0 amide bonds. The van der Waals surface area contributed by atoms with Crippen molar-refractivity contribution in [3.63, 3.8) is 0 Å². The summed E-state index contributed by atoms with van der Waals surface area (Å²) < 4.78 is 28.6. The maximum atomic E-state index is 13.1. The molecule has 1 aromatic heterocycles. The number of aliphatic carboxylic acids is 1. The minimum atomic E-state index is -4.10. The zero-order valence-corrected chi connectivity index (χ0v) is 21.0. The molecule has 6 nitrogen and oxygen atoms in total. The summed E-state index contributed by atoms with van der Waals surface area (Å²) in [6.07, 6.45) is 0.915. The van der Waals surface area contributed by atoms with E-state index in [-0.39, 0.29) is 15.5 Å². The molecule has 0 aliphatic heterocycles. The summed E-state index contributed by atoms with van der Waals surface area (Å²) in [6, 6.07) is 12.2. The lowest BCUT2D eigenvalue weighted by atomic mass is 10.0. The summed E-state index contributed by atoms with van der Waals surface area (Å²) in [6.45, 7) is 7.55. The van der Waals surface area contributed by atoms with Gasteiger partial charge in [0.1, 0.15) is 4.88 Å². The normalized spacial score (nSPS) is 11.6. The van der Waals surface area contributed by atoms with Crippen LogP contribution in [-0.2, 0) is 21.2 Å². The highest BCUT2D eigenvalue weighted by Crippen LogP contribution is 2.37. The van der Waals surface area contributed by atoms with Gasteiger partial charge < -0.3 is 5.11 Å². The molecule has 0 unspecified atom stereocenters. The van der Waals surface area contributed by atoms with E-state index in [2.05, 4.69) is 18.6 Å². The molecule has 9 heteroatoms. The van der Waals surface area contributed by atoms with Crippen LogP contribution in [0.25, 0.3) is 10.4 Å². The molecule has 2 aromatic carbocycles. The van der Waals surface area contributed by atoms with E-state index < -0.39 is 21.8 Å². The van der Waals surface area contributed by atoms with Gasteiger partial charge in [-0.2, -0.15) is 0 Å². The summed E-state index contributed by atoms with van der Waals surface area (Å²) in [5.41, 5.74) is 2.86. The second-order valence-electron chi connectivity index (χ2n) is 8.26. The summed E-state index contributed by atoms with van der Waals surface area (Å²) >= 11 is 7.02. The predicted molar refractivity (Wildman–Crippen MR) is 132 cm³/mol. The van der Waals surface area contributed by atoms with Crippen molar-refractivity contribution in [2.75, 3.05) is 4.72 Å². The fraction of sp³-hybridized carbons (Fsp3) is 0.250. The molecule has 0 saturated heterocycles. The molecule has 0 spiro atoms. The maximum Gasteiger partial charge on any atom is 0.378 e. The molecular weight excluding hydrogens is 482 g/mol. The molecule has 0 atom stereocenters. The molecule has 3 aromatic rings. The molecule has 2 N–H and O–H groups in total. The van der Waals surface area contributed by atoms with Crippen molar-refractivity contribution >= 4 is 50.4 Å². The molecule has 0 saturated carbocycles. The second-order valence-corrected chi connectivity index (χ2v) is 11.4. The van der Waals surface area contributed by atoms with Gasteiger partial charge in [-0.25, -0.2) is 13.2 Å². The number of nitrogens with one attached hydrogen (secondary N) is 1. The average molecular weight is 506 g/mol. The molecule has 0 aliphatic rings. The van der Waals surface area contributed by atoms with Gasteiger partial charge in [-0.3, -0.25) is 9.52 Å². The van der Waals surface area contributed by atoms with E-state index >= 15 is 0 Å². The summed E-state index contributed by atoms with van der Waals surface area (Å²) in [5.74, 6) is -2.34. The number of anilines is 1. The van der Waals surface area contributed by atoms with E-state index in [9.17, 15) is 23.1 Å². The van der Waals surface area contributed by atoms with Gasteiger partial charge in [0.05, 0.1) is 10.6 Å². The van der Waals surface area contributed by atoms with Gasteiger partial charge in [0, 0.05) is 9.90 Å². The molecule has 3 rings (SSSR count). The number of ketones is 1. The topological polar surface area (TPSA) is 101 Å². The van der Waals surface area contributed by atoms with Crippen molar-refractivity contribution in [2.45, 2.75) is 39.0 Å². The van der Waals surface area contributed by atoms with Gasteiger partial charge in [-0.1, -0.05) is 49.7 Å². The highest BCUT2D eigenvalue weighted by Gasteiger charge is 2.27. The van der Waals surface area contributed by atoms with Crippen LogP contribution in [0.4, 0.5) is 5.69 Å². The largest absolute Gasteiger partial charge is 0.475 e. The number of carbonyl (C=O) groups is 2. The Morgan fingerprint density at radius 1 is 1.06 bits per heavy atom. The number of hydrogen-bond donors (Lipinski definition) is 2. The first kappa shape index (κ1) is 25.0. The Labute approximate surface area is 202 Å².